The minimum absolute atomic E-state index is 0.311. The highest BCUT2D eigenvalue weighted by molar-refractivity contribution is 7.98. The lowest BCUT2D eigenvalue weighted by Gasteiger charge is -2.14. The first-order chi connectivity index (χ1) is 15.8. The van der Waals surface area contributed by atoms with Gasteiger partial charge in [0.15, 0.2) is 0 Å². The topological polar surface area (TPSA) is 55.1 Å². The van der Waals surface area contributed by atoms with E-state index >= 15 is 0 Å². The Morgan fingerprint density at radius 3 is 2.42 bits per heavy atom. The van der Waals surface area contributed by atoms with Crippen LogP contribution in [-0.2, 0) is 6.18 Å². The number of benzene rings is 3. The summed E-state index contributed by atoms with van der Waals surface area (Å²) in [5.41, 5.74) is 1.57. The van der Waals surface area contributed by atoms with Gasteiger partial charge in [0.25, 0.3) is 5.91 Å². The van der Waals surface area contributed by atoms with Crippen LogP contribution < -0.4 is 5.32 Å². The summed E-state index contributed by atoms with van der Waals surface area (Å²) in [4.78, 5) is 18.1. The summed E-state index contributed by atoms with van der Waals surface area (Å²) < 4.78 is 44.2. The Bertz CT molecular complexity index is 1290. The maximum atomic E-state index is 13.1. The van der Waals surface area contributed by atoms with Crippen LogP contribution in [0.3, 0.4) is 0 Å². The summed E-state index contributed by atoms with van der Waals surface area (Å²) in [5, 5.41) is 3.22. The van der Waals surface area contributed by atoms with Gasteiger partial charge >= 0.3 is 6.18 Å². The smallest absolute Gasteiger partial charge is 0.416 e. The molecule has 4 nitrogen and oxygen atoms in total. The number of nitrogens with zero attached hydrogens (tertiary/aromatic N) is 1. The van der Waals surface area contributed by atoms with Gasteiger partial charge in [-0.05, 0) is 65.9 Å². The fourth-order valence-electron chi connectivity index (χ4n) is 3.25. The van der Waals surface area contributed by atoms with E-state index in [-0.39, 0.29) is 0 Å². The highest BCUT2D eigenvalue weighted by Crippen LogP contribution is 2.34. The Morgan fingerprint density at radius 2 is 1.79 bits per heavy atom. The molecule has 0 bridgehead atoms. The number of aromatic nitrogens is 1. The number of hydrogen-bond acceptors (Lipinski definition) is 4. The lowest BCUT2D eigenvalue weighted by molar-refractivity contribution is -0.137. The van der Waals surface area contributed by atoms with Crippen molar-refractivity contribution in [3.63, 3.8) is 0 Å². The fourth-order valence-corrected chi connectivity index (χ4v) is 3.89. The standard InChI is InChI=1S/C24H16ClF3N2O2S/c1-33-17-7-8-18(19(13-17)14-2-4-15(5-3-14)24(26,27)28)22(31)30-16-6-9-21(25)20(12-16)23-29-10-11-32-23/h2-13H,1H3,(H,30,31). The van der Waals surface area contributed by atoms with Gasteiger partial charge in [0.2, 0.25) is 5.89 Å². The fraction of sp³-hybridized carbons (Fsp3) is 0.0833. The van der Waals surface area contributed by atoms with Crippen LogP contribution in [-0.4, -0.2) is 17.1 Å². The summed E-state index contributed by atoms with van der Waals surface area (Å²) in [6.07, 6.45) is 0.347. The van der Waals surface area contributed by atoms with Crippen molar-refractivity contribution in [3.05, 3.63) is 89.3 Å². The molecule has 1 aromatic heterocycles. The van der Waals surface area contributed by atoms with Crippen LogP contribution in [0.2, 0.25) is 5.02 Å². The zero-order valence-corrected chi connectivity index (χ0v) is 18.7. The molecule has 1 N–H and O–H groups in total. The average Bonchev–Trinajstić information content (AvgIpc) is 3.34. The second-order valence-corrected chi connectivity index (χ2v) is 8.26. The second-order valence-electron chi connectivity index (χ2n) is 6.97. The van der Waals surface area contributed by atoms with Crippen molar-refractivity contribution in [1.82, 2.24) is 4.98 Å². The molecule has 168 valence electrons. The number of halogens is 4. The second kappa shape index (κ2) is 9.33. The predicted molar refractivity (Wildman–Crippen MR) is 124 cm³/mol. The van der Waals surface area contributed by atoms with Gasteiger partial charge in [-0.3, -0.25) is 4.79 Å². The lowest BCUT2D eigenvalue weighted by Crippen LogP contribution is -2.13. The number of carbonyl (C=O) groups is 1. The van der Waals surface area contributed by atoms with E-state index in [1.807, 2.05) is 6.26 Å². The summed E-state index contributed by atoms with van der Waals surface area (Å²) in [6, 6.07) is 14.8. The molecule has 1 amide bonds. The number of alkyl halides is 3. The molecule has 0 aliphatic heterocycles. The summed E-state index contributed by atoms with van der Waals surface area (Å²) in [7, 11) is 0. The van der Waals surface area contributed by atoms with Crippen molar-refractivity contribution in [2.75, 3.05) is 11.6 Å². The molecular weight excluding hydrogens is 473 g/mol. The molecule has 4 rings (SSSR count). The molecule has 0 aliphatic rings. The molecule has 0 saturated heterocycles. The molecule has 0 atom stereocenters. The van der Waals surface area contributed by atoms with Crippen LogP contribution >= 0.6 is 23.4 Å². The molecule has 0 spiro atoms. The Labute approximate surface area is 196 Å². The van der Waals surface area contributed by atoms with Gasteiger partial charge < -0.3 is 9.73 Å². The van der Waals surface area contributed by atoms with E-state index in [9.17, 15) is 18.0 Å². The molecule has 0 unspecified atom stereocenters. The van der Waals surface area contributed by atoms with Gasteiger partial charge in [0.05, 0.1) is 22.3 Å². The molecule has 33 heavy (non-hydrogen) atoms. The number of amides is 1. The summed E-state index contributed by atoms with van der Waals surface area (Å²) >= 11 is 7.70. The van der Waals surface area contributed by atoms with Crippen molar-refractivity contribution in [2.45, 2.75) is 11.1 Å². The minimum atomic E-state index is -4.44. The average molecular weight is 489 g/mol. The van der Waals surface area contributed by atoms with Crippen molar-refractivity contribution >= 4 is 35.0 Å². The summed E-state index contributed by atoms with van der Waals surface area (Å²) in [6.45, 7) is 0. The van der Waals surface area contributed by atoms with Crippen LogP contribution in [0.4, 0.5) is 18.9 Å². The molecule has 9 heteroatoms. The van der Waals surface area contributed by atoms with Gasteiger partial charge in [-0.2, -0.15) is 13.2 Å². The highest BCUT2D eigenvalue weighted by atomic mass is 35.5. The number of anilines is 1. The number of oxazole rings is 1. The van der Waals surface area contributed by atoms with Crippen LogP contribution in [0.25, 0.3) is 22.6 Å². The van der Waals surface area contributed by atoms with E-state index in [4.69, 9.17) is 16.0 Å². The van der Waals surface area contributed by atoms with E-state index in [0.29, 0.717) is 38.9 Å². The molecule has 3 aromatic carbocycles. The first-order valence-electron chi connectivity index (χ1n) is 9.62. The van der Waals surface area contributed by atoms with Crippen molar-refractivity contribution < 1.29 is 22.4 Å². The third kappa shape index (κ3) is 5.07. The largest absolute Gasteiger partial charge is 0.444 e. The molecule has 4 aromatic rings. The Hall–Kier alpha value is -3.23. The third-order valence-corrected chi connectivity index (χ3v) is 5.94. The number of thioether (sulfide) groups is 1. The van der Waals surface area contributed by atoms with Crippen LogP contribution in [0.5, 0.6) is 0 Å². The molecule has 1 heterocycles. The van der Waals surface area contributed by atoms with Crippen LogP contribution in [0.1, 0.15) is 15.9 Å². The van der Waals surface area contributed by atoms with Gasteiger partial charge in [-0.25, -0.2) is 4.98 Å². The van der Waals surface area contributed by atoms with E-state index in [1.54, 1.807) is 36.4 Å². The molecule has 0 aliphatic carbocycles. The predicted octanol–water partition coefficient (Wildman–Crippen LogP) is 7.66. The van der Waals surface area contributed by atoms with Crippen molar-refractivity contribution in [3.8, 4) is 22.6 Å². The summed E-state index contributed by atoms with van der Waals surface area (Å²) in [5.74, 6) is -0.107. The highest BCUT2D eigenvalue weighted by Gasteiger charge is 2.30. The molecule has 0 fully saturated rings. The minimum Gasteiger partial charge on any atom is -0.444 e. The van der Waals surface area contributed by atoms with Gasteiger partial charge in [0.1, 0.15) is 6.26 Å². The Kier molecular flexibility index (Phi) is 6.49. The Balaban J connectivity index is 1.68. The maximum Gasteiger partial charge on any atom is 0.416 e. The number of hydrogen-bond donors (Lipinski definition) is 1. The van der Waals surface area contributed by atoms with E-state index in [0.717, 1.165) is 17.0 Å². The first-order valence-corrected chi connectivity index (χ1v) is 11.2. The number of carbonyl (C=O) groups excluding carboxylic acids is 1. The van der Waals surface area contributed by atoms with Crippen LogP contribution in [0.15, 0.2) is 82.4 Å². The van der Waals surface area contributed by atoms with Crippen molar-refractivity contribution in [1.29, 1.82) is 0 Å². The van der Waals surface area contributed by atoms with Gasteiger partial charge in [-0.15, -0.1) is 11.8 Å². The van der Waals surface area contributed by atoms with Crippen molar-refractivity contribution in [2.24, 2.45) is 0 Å². The molecule has 0 saturated carbocycles. The Morgan fingerprint density at radius 1 is 1.03 bits per heavy atom. The maximum absolute atomic E-state index is 13.1. The zero-order valence-electron chi connectivity index (χ0n) is 17.1. The van der Waals surface area contributed by atoms with Gasteiger partial charge in [-0.1, -0.05) is 23.7 Å². The normalized spacial score (nSPS) is 11.4. The quantitative estimate of drug-likeness (QED) is 0.293. The van der Waals surface area contributed by atoms with E-state index in [1.165, 1.54) is 36.4 Å². The zero-order chi connectivity index (χ0) is 23.6. The molecular formula is C24H16ClF3N2O2S. The SMILES string of the molecule is CSc1ccc(C(=O)Nc2ccc(Cl)c(-c3ncco3)c2)c(-c2ccc(C(F)(F)F)cc2)c1. The monoisotopic (exact) mass is 488 g/mol. The number of rotatable bonds is 5. The molecule has 0 radical (unpaired) electrons. The first kappa shape index (κ1) is 22.9. The lowest BCUT2D eigenvalue weighted by atomic mass is 9.98. The van der Waals surface area contributed by atoms with E-state index < -0.39 is 17.6 Å². The van der Waals surface area contributed by atoms with E-state index in [2.05, 4.69) is 10.3 Å². The number of nitrogens with one attached hydrogen (secondary N) is 1. The third-order valence-electron chi connectivity index (χ3n) is 4.88. The van der Waals surface area contributed by atoms with Crippen LogP contribution in [0, 0.1) is 0 Å². The van der Waals surface area contributed by atoms with Gasteiger partial charge in [0, 0.05) is 16.1 Å².